The Labute approximate surface area is 175 Å². The summed E-state index contributed by atoms with van der Waals surface area (Å²) in [5, 5.41) is 11.3. The number of nitrogens with one attached hydrogen (secondary N) is 4. The zero-order chi connectivity index (χ0) is 21.3. The number of hydrogen-bond acceptors (Lipinski definition) is 5. The van der Waals surface area contributed by atoms with E-state index in [1.54, 1.807) is 48.5 Å². The quantitative estimate of drug-likeness (QED) is 0.535. The van der Waals surface area contributed by atoms with Crippen molar-refractivity contribution in [2.24, 2.45) is 0 Å². The molecular weight excluding hydrogens is 384 g/mol. The van der Waals surface area contributed by atoms with Gasteiger partial charge in [0.2, 0.25) is 11.8 Å². The van der Waals surface area contributed by atoms with Gasteiger partial charge in [0.05, 0.1) is 12.6 Å². The summed E-state index contributed by atoms with van der Waals surface area (Å²) in [6.45, 7) is 2.74. The summed E-state index contributed by atoms with van der Waals surface area (Å²) in [6.07, 6.45) is 2.06. The average molecular weight is 410 g/mol. The minimum absolute atomic E-state index is 0.0644. The van der Waals surface area contributed by atoms with E-state index in [0.717, 1.165) is 25.1 Å². The highest BCUT2D eigenvalue weighted by Gasteiger charge is 2.16. The maximum absolute atomic E-state index is 12.3. The molecule has 1 fully saturated rings. The molecule has 8 nitrogen and oxygen atoms in total. The number of amides is 3. The molecule has 4 N–H and O–H groups in total. The number of hydrogen-bond donors (Lipinski definition) is 4. The normalized spacial score (nSPS) is 15.3. The largest absolute Gasteiger partial charge is 0.376 e. The topological polar surface area (TPSA) is 109 Å². The Bertz CT molecular complexity index is 892. The summed E-state index contributed by atoms with van der Waals surface area (Å²) < 4.78 is 5.51. The van der Waals surface area contributed by atoms with Gasteiger partial charge in [-0.25, -0.2) is 0 Å². The van der Waals surface area contributed by atoms with Gasteiger partial charge in [-0.1, -0.05) is 6.07 Å². The predicted octanol–water partition coefficient (Wildman–Crippen LogP) is 2.60. The molecule has 1 heterocycles. The lowest BCUT2D eigenvalue weighted by Crippen LogP contribution is -2.31. The fourth-order valence-electron chi connectivity index (χ4n) is 3.11. The Kier molecular flexibility index (Phi) is 7.40. The van der Waals surface area contributed by atoms with Crippen LogP contribution in [0.2, 0.25) is 0 Å². The molecule has 3 rings (SSSR count). The van der Waals surface area contributed by atoms with E-state index in [0.29, 0.717) is 23.5 Å². The Morgan fingerprint density at radius 1 is 1.00 bits per heavy atom. The van der Waals surface area contributed by atoms with Gasteiger partial charge < -0.3 is 26.0 Å². The minimum Gasteiger partial charge on any atom is -0.376 e. The number of ether oxygens (including phenoxy) is 1. The first-order valence-electron chi connectivity index (χ1n) is 9.91. The highest BCUT2D eigenvalue weighted by atomic mass is 16.5. The third kappa shape index (κ3) is 6.59. The molecule has 30 heavy (non-hydrogen) atoms. The lowest BCUT2D eigenvalue weighted by Gasteiger charge is -2.12. The van der Waals surface area contributed by atoms with Gasteiger partial charge in [0, 0.05) is 42.7 Å². The third-order valence-corrected chi connectivity index (χ3v) is 4.58. The standard InChI is InChI=1S/C22H26N4O4/c1-15(27)25-18-9-7-17(8-10-18)23-14-21(28)26-19-5-2-4-16(12-19)22(29)24-13-20-6-3-11-30-20/h2,4-5,7-10,12,20,23H,3,6,11,13-14H2,1H3,(H,24,29)(H,25,27)(H,26,28). The first kappa shape index (κ1) is 21.3. The van der Waals surface area contributed by atoms with Crippen LogP contribution >= 0.6 is 0 Å². The second-order valence-electron chi connectivity index (χ2n) is 7.09. The molecule has 1 atom stereocenters. The summed E-state index contributed by atoms with van der Waals surface area (Å²) in [4.78, 5) is 35.6. The van der Waals surface area contributed by atoms with Crippen molar-refractivity contribution in [3.63, 3.8) is 0 Å². The molecule has 1 unspecified atom stereocenters. The monoisotopic (exact) mass is 410 g/mol. The van der Waals surface area contributed by atoms with Crippen molar-refractivity contribution in [1.29, 1.82) is 0 Å². The van der Waals surface area contributed by atoms with Gasteiger partial charge in [-0.3, -0.25) is 14.4 Å². The third-order valence-electron chi connectivity index (χ3n) is 4.58. The molecule has 0 aliphatic carbocycles. The van der Waals surface area contributed by atoms with E-state index in [2.05, 4.69) is 21.3 Å². The molecule has 2 aromatic rings. The van der Waals surface area contributed by atoms with Gasteiger partial charge in [0.25, 0.3) is 5.91 Å². The molecule has 1 aliphatic rings. The van der Waals surface area contributed by atoms with Crippen LogP contribution in [-0.4, -0.2) is 43.5 Å². The second kappa shape index (κ2) is 10.4. The highest BCUT2D eigenvalue weighted by molar-refractivity contribution is 5.98. The first-order chi connectivity index (χ1) is 14.5. The maximum Gasteiger partial charge on any atom is 0.251 e. The van der Waals surface area contributed by atoms with Gasteiger partial charge in [0.1, 0.15) is 0 Å². The number of carbonyl (C=O) groups excluding carboxylic acids is 3. The van der Waals surface area contributed by atoms with Crippen molar-refractivity contribution in [3.05, 3.63) is 54.1 Å². The van der Waals surface area contributed by atoms with E-state index < -0.39 is 0 Å². The van der Waals surface area contributed by atoms with Gasteiger partial charge in [-0.2, -0.15) is 0 Å². The van der Waals surface area contributed by atoms with Gasteiger partial charge in [-0.05, 0) is 55.3 Å². The number of carbonyl (C=O) groups is 3. The van der Waals surface area contributed by atoms with E-state index in [4.69, 9.17) is 4.74 Å². The summed E-state index contributed by atoms with van der Waals surface area (Å²) in [7, 11) is 0. The van der Waals surface area contributed by atoms with Crippen molar-refractivity contribution in [2.45, 2.75) is 25.9 Å². The second-order valence-corrected chi connectivity index (χ2v) is 7.09. The van der Waals surface area contributed by atoms with E-state index in [-0.39, 0.29) is 30.4 Å². The van der Waals surface area contributed by atoms with Crippen LogP contribution in [0.3, 0.4) is 0 Å². The lowest BCUT2D eigenvalue weighted by atomic mass is 10.1. The van der Waals surface area contributed by atoms with Crippen molar-refractivity contribution in [2.75, 3.05) is 35.6 Å². The molecule has 0 bridgehead atoms. The van der Waals surface area contributed by atoms with Crippen molar-refractivity contribution in [3.8, 4) is 0 Å². The van der Waals surface area contributed by atoms with Crippen LogP contribution in [0.15, 0.2) is 48.5 Å². The first-order valence-corrected chi connectivity index (χ1v) is 9.91. The Balaban J connectivity index is 1.47. The molecule has 2 aromatic carbocycles. The Morgan fingerprint density at radius 2 is 1.77 bits per heavy atom. The van der Waals surface area contributed by atoms with Crippen LogP contribution in [0.4, 0.5) is 17.1 Å². The molecule has 0 radical (unpaired) electrons. The Hall–Kier alpha value is -3.39. The molecule has 0 spiro atoms. The SMILES string of the molecule is CC(=O)Nc1ccc(NCC(=O)Nc2cccc(C(=O)NCC3CCCO3)c2)cc1. The summed E-state index contributed by atoms with van der Waals surface area (Å²) in [5.74, 6) is -0.574. The zero-order valence-corrected chi connectivity index (χ0v) is 16.9. The number of benzene rings is 2. The molecule has 0 aromatic heterocycles. The maximum atomic E-state index is 12.3. The van der Waals surface area contributed by atoms with E-state index >= 15 is 0 Å². The predicted molar refractivity (Wildman–Crippen MR) is 116 cm³/mol. The summed E-state index contributed by atoms with van der Waals surface area (Å²) in [5.41, 5.74) is 2.47. The lowest BCUT2D eigenvalue weighted by molar-refractivity contribution is -0.115. The van der Waals surface area contributed by atoms with Crippen LogP contribution in [-0.2, 0) is 14.3 Å². The van der Waals surface area contributed by atoms with Crippen LogP contribution in [0.25, 0.3) is 0 Å². The molecule has 1 saturated heterocycles. The number of anilines is 3. The summed E-state index contributed by atoms with van der Waals surface area (Å²) >= 11 is 0. The fourth-order valence-corrected chi connectivity index (χ4v) is 3.11. The van der Waals surface area contributed by atoms with E-state index in [1.165, 1.54) is 6.92 Å². The fraction of sp³-hybridized carbons (Fsp3) is 0.318. The smallest absolute Gasteiger partial charge is 0.251 e. The molecule has 0 saturated carbocycles. The van der Waals surface area contributed by atoms with Crippen LogP contribution < -0.4 is 21.3 Å². The van der Waals surface area contributed by atoms with Gasteiger partial charge in [0.15, 0.2) is 0 Å². The molecule has 3 amide bonds. The van der Waals surface area contributed by atoms with Crippen LogP contribution in [0, 0.1) is 0 Å². The van der Waals surface area contributed by atoms with Crippen molar-refractivity contribution >= 4 is 34.8 Å². The van der Waals surface area contributed by atoms with Gasteiger partial charge in [-0.15, -0.1) is 0 Å². The number of rotatable bonds is 8. The van der Waals surface area contributed by atoms with Crippen LogP contribution in [0.5, 0.6) is 0 Å². The highest BCUT2D eigenvalue weighted by Crippen LogP contribution is 2.15. The van der Waals surface area contributed by atoms with E-state index in [1.807, 2.05) is 0 Å². The average Bonchev–Trinajstić information content (AvgIpc) is 3.25. The minimum atomic E-state index is -0.238. The van der Waals surface area contributed by atoms with Crippen molar-refractivity contribution in [1.82, 2.24) is 5.32 Å². The molecular formula is C22H26N4O4. The Morgan fingerprint density at radius 3 is 2.47 bits per heavy atom. The molecule has 1 aliphatic heterocycles. The molecule has 158 valence electrons. The van der Waals surface area contributed by atoms with Crippen LogP contribution in [0.1, 0.15) is 30.1 Å². The van der Waals surface area contributed by atoms with Gasteiger partial charge >= 0.3 is 0 Å². The van der Waals surface area contributed by atoms with Crippen molar-refractivity contribution < 1.29 is 19.1 Å². The summed E-state index contributed by atoms with van der Waals surface area (Å²) in [6, 6.07) is 13.9. The zero-order valence-electron chi connectivity index (χ0n) is 16.9. The van der Waals surface area contributed by atoms with E-state index in [9.17, 15) is 14.4 Å². The molecule has 8 heteroatoms.